The number of hydrogen-bond donors (Lipinski definition) is 1. The number of hydrogen-bond acceptors (Lipinski definition) is 5. The maximum absolute atomic E-state index is 13.1. The van der Waals surface area contributed by atoms with Gasteiger partial charge >= 0.3 is 0 Å². The van der Waals surface area contributed by atoms with Crippen molar-refractivity contribution in [3.63, 3.8) is 0 Å². The predicted molar refractivity (Wildman–Crippen MR) is 127 cm³/mol. The van der Waals surface area contributed by atoms with Gasteiger partial charge in [-0.3, -0.25) is 9.59 Å². The van der Waals surface area contributed by atoms with E-state index in [0.29, 0.717) is 43.0 Å². The van der Waals surface area contributed by atoms with E-state index in [1.54, 1.807) is 44.4 Å². The summed E-state index contributed by atoms with van der Waals surface area (Å²) >= 11 is 0. The van der Waals surface area contributed by atoms with Crippen LogP contribution < -0.4 is 19.5 Å². The van der Waals surface area contributed by atoms with Crippen LogP contribution in [0.1, 0.15) is 48.7 Å². The number of likely N-dealkylation sites (tertiary alicyclic amines) is 1. The van der Waals surface area contributed by atoms with Gasteiger partial charge in [-0.1, -0.05) is 26.0 Å². The molecule has 7 nitrogen and oxygen atoms in total. The molecule has 7 heteroatoms. The minimum atomic E-state index is -0.117. The monoisotopic (exact) mass is 454 g/mol. The lowest BCUT2D eigenvalue weighted by Crippen LogP contribution is -2.44. The van der Waals surface area contributed by atoms with Gasteiger partial charge in [0.25, 0.3) is 5.91 Å². The summed E-state index contributed by atoms with van der Waals surface area (Å²) in [5.74, 6) is 2.03. The van der Waals surface area contributed by atoms with Gasteiger partial charge in [-0.2, -0.15) is 0 Å². The molecule has 2 aromatic carbocycles. The highest BCUT2D eigenvalue weighted by Gasteiger charge is 2.30. The second-order valence-corrected chi connectivity index (χ2v) is 8.67. The molecular weight excluding hydrogens is 420 g/mol. The van der Waals surface area contributed by atoms with Gasteiger partial charge in [0.05, 0.1) is 27.4 Å². The smallest absolute Gasteiger partial charge is 0.254 e. The number of rotatable bonds is 8. The molecule has 1 aliphatic heterocycles. The highest BCUT2D eigenvalue weighted by atomic mass is 16.5. The zero-order valence-corrected chi connectivity index (χ0v) is 20.1. The molecule has 0 bridgehead atoms. The second-order valence-electron chi connectivity index (χ2n) is 8.67. The highest BCUT2D eigenvalue weighted by molar-refractivity contribution is 5.95. The van der Waals surface area contributed by atoms with Gasteiger partial charge in [-0.05, 0) is 48.6 Å². The van der Waals surface area contributed by atoms with E-state index in [1.165, 1.54) is 0 Å². The topological polar surface area (TPSA) is 77.1 Å². The first-order valence-electron chi connectivity index (χ1n) is 11.3. The van der Waals surface area contributed by atoms with Crippen molar-refractivity contribution in [2.24, 2.45) is 11.8 Å². The molecule has 1 saturated heterocycles. The summed E-state index contributed by atoms with van der Waals surface area (Å²) in [7, 11) is 4.76. The summed E-state index contributed by atoms with van der Waals surface area (Å²) in [5.41, 5.74) is 1.58. The van der Waals surface area contributed by atoms with Crippen LogP contribution >= 0.6 is 0 Å². The number of nitrogens with one attached hydrogen (secondary N) is 1. The Bertz CT molecular complexity index is 927. The van der Waals surface area contributed by atoms with E-state index >= 15 is 0 Å². The van der Waals surface area contributed by atoms with Gasteiger partial charge < -0.3 is 24.4 Å². The molecule has 2 amide bonds. The van der Waals surface area contributed by atoms with Crippen molar-refractivity contribution in [3.05, 3.63) is 53.6 Å². The van der Waals surface area contributed by atoms with Crippen LogP contribution in [0.4, 0.5) is 0 Å². The van der Waals surface area contributed by atoms with Gasteiger partial charge in [0.1, 0.15) is 17.2 Å². The summed E-state index contributed by atoms with van der Waals surface area (Å²) in [6.07, 6.45) is 1.26. The molecule has 0 spiro atoms. The van der Waals surface area contributed by atoms with E-state index < -0.39 is 0 Å². The number of piperidine rings is 1. The van der Waals surface area contributed by atoms with Crippen LogP contribution in [-0.2, 0) is 4.79 Å². The van der Waals surface area contributed by atoms with Gasteiger partial charge in [0.2, 0.25) is 5.91 Å². The number of ether oxygens (including phenoxy) is 3. The molecule has 2 aromatic rings. The summed E-state index contributed by atoms with van der Waals surface area (Å²) in [6, 6.07) is 12.9. The maximum atomic E-state index is 13.1. The third-order valence-corrected chi connectivity index (χ3v) is 6.19. The number of carbonyl (C=O) groups excluding carboxylic acids is 2. The van der Waals surface area contributed by atoms with Crippen LogP contribution in [-0.4, -0.2) is 51.1 Å². The van der Waals surface area contributed by atoms with Crippen molar-refractivity contribution in [2.45, 2.75) is 32.7 Å². The molecule has 1 aliphatic rings. The van der Waals surface area contributed by atoms with Crippen molar-refractivity contribution < 1.29 is 23.8 Å². The summed E-state index contributed by atoms with van der Waals surface area (Å²) in [4.78, 5) is 27.9. The fourth-order valence-corrected chi connectivity index (χ4v) is 4.18. The van der Waals surface area contributed by atoms with Gasteiger partial charge in [-0.25, -0.2) is 0 Å². The first-order valence-corrected chi connectivity index (χ1v) is 11.3. The Hall–Kier alpha value is -3.22. The Kier molecular flexibility index (Phi) is 8.20. The Balaban J connectivity index is 1.61. The molecule has 1 fully saturated rings. The Labute approximate surface area is 196 Å². The van der Waals surface area contributed by atoms with Gasteiger partial charge in [0, 0.05) is 30.6 Å². The molecule has 1 atom stereocenters. The Morgan fingerprint density at radius 2 is 1.42 bits per heavy atom. The van der Waals surface area contributed by atoms with Crippen LogP contribution in [0.15, 0.2) is 42.5 Å². The minimum absolute atomic E-state index is 0.0414. The van der Waals surface area contributed by atoms with Crippen molar-refractivity contribution >= 4 is 11.8 Å². The lowest BCUT2D eigenvalue weighted by atomic mass is 9.92. The SMILES string of the molecule is COc1ccc(C(NC(=O)C2CCN(C(=O)c3cc(OC)cc(OC)c3)CC2)C(C)C)cc1. The Morgan fingerprint density at radius 3 is 1.91 bits per heavy atom. The number of nitrogens with zero attached hydrogens (tertiary/aromatic N) is 1. The largest absolute Gasteiger partial charge is 0.497 e. The number of amides is 2. The van der Waals surface area contributed by atoms with E-state index in [9.17, 15) is 9.59 Å². The molecule has 1 unspecified atom stereocenters. The second kappa shape index (κ2) is 11.1. The first kappa shape index (κ1) is 24.4. The summed E-state index contributed by atoms with van der Waals surface area (Å²) in [6.45, 7) is 5.26. The summed E-state index contributed by atoms with van der Waals surface area (Å²) < 4.78 is 15.8. The standard InChI is InChI=1S/C26H34N2O5/c1-17(2)24(18-6-8-21(31-3)9-7-18)27-25(29)19-10-12-28(13-11-19)26(30)20-14-22(32-4)16-23(15-20)33-5/h6-9,14-17,19,24H,10-13H2,1-5H3,(H,27,29). The van der Waals surface area contributed by atoms with E-state index in [0.717, 1.165) is 11.3 Å². The highest BCUT2D eigenvalue weighted by Crippen LogP contribution is 2.28. The van der Waals surface area contributed by atoms with Crippen LogP contribution in [0.2, 0.25) is 0 Å². The average Bonchev–Trinajstić information content (AvgIpc) is 2.86. The van der Waals surface area contributed by atoms with Crippen molar-refractivity contribution in [1.29, 1.82) is 0 Å². The zero-order valence-electron chi connectivity index (χ0n) is 20.1. The van der Waals surface area contributed by atoms with E-state index in [1.807, 2.05) is 24.3 Å². The van der Waals surface area contributed by atoms with Crippen molar-refractivity contribution in [2.75, 3.05) is 34.4 Å². The Morgan fingerprint density at radius 1 is 0.879 bits per heavy atom. The number of carbonyl (C=O) groups is 2. The summed E-state index contributed by atoms with van der Waals surface area (Å²) in [5, 5.41) is 3.23. The van der Waals surface area contributed by atoms with Crippen molar-refractivity contribution in [3.8, 4) is 17.2 Å². The van der Waals surface area contributed by atoms with Crippen molar-refractivity contribution in [1.82, 2.24) is 10.2 Å². The molecule has 0 saturated carbocycles. The van der Waals surface area contributed by atoms with E-state index in [4.69, 9.17) is 14.2 Å². The van der Waals surface area contributed by atoms with Crippen LogP contribution in [0, 0.1) is 11.8 Å². The number of benzene rings is 2. The van der Waals surface area contributed by atoms with Crippen LogP contribution in [0.25, 0.3) is 0 Å². The number of methoxy groups -OCH3 is 3. The lowest BCUT2D eigenvalue weighted by molar-refractivity contribution is -0.127. The maximum Gasteiger partial charge on any atom is 0.254 e. The van der Waals surface area contributed by atoms with E-state index in [2.05, 4.69) is 19.2 Å². The molecule has 1 N–H and O–H groups in total. The first-order chi connectivity index (χ1) is 15.9. The molecule has 0 aliphatic carbocycles. The molecule has 33 heavy (non-hydrogen) atoms. The van der Waals surface area contributed by atoms with E-state index in [-0.39, 0.29) is 29.7 Å². The lowest BCUT2D eigenvalue weighted by Gasteiger charge is -2.33. The van der Waals surface area contributed by atoms with Gasteiger partial charge in [0.15, 0.2) is 0 Å². The fourth-order valence-electron chi connectivity index (χ4n) is 4.18. The minimum Gasteiger partial charge on any atom is -0.497 e. The average molecular weight is 455 g/mol. The predicted octanol–water partition coefficient (Wildman–Crippen LogP) is 4.08. The fraction of sp³-hybridized carbons (Fsp3) is 0.462. The molecule has 0 radical (unpaired) electrons. The van der Waals surface area contributed by atoms with Gasteiger partial charge in [-0.15, -0.1) is 0 Å². The zero-order chi connectivity index (χ0) is 24.0. The quantitative estimate of drug-likeness (QED) is 0.650. The third-order valence-electron chi connectivity index (χ3n) is 6.19. The molecule has 178 valence electrons. The molecular formula is C26H34N2O5. The normalized spacial score (nSPS) is 15.2. The third kappa shape index (κ3) is 5.97. The van der Waals surface area contributed by atoms with Crippen LogP contribution in [0.5, 0.6) is 17.2 Å². The molecule has 3 rings (SSSR count). The molecule has 0 aromatic heterocycles. The van der Waals surface area contributed by atoms with Crippen LogP contribution in [0.3, 0.4) is 0 Å². The molecule has 1 heterocycles.